The second-order valence-corrected chi connectivity index (χ2v) is 3.72. The Hall–Kier alpha value is -2.48. The molecule has 0 saturated heterocycles. The molecule has 5 heteroatoms. The molecule has 0 aliphatic heterocycles. The first-order chi connectivity index (χ1) is 8.20. The van der Waals surface area contributed by atoms with Gasteiger partial charge in [-0.05, 0) is 18.2 Å². The number of nitrogens with one attached hydrogen (secondary N) is 1. The number of nitrogen functional groups attached to an aromatic ring is 1. The van der Waals surface area contributed by atoms with Crippen molar-refractivity contribution in [2.24, 2.45) is 7.05 Å². The highest BCUT2D eigenvalue weighted by Crippen LogP contribution is 2.20. The third-order valence-corrected chi connectivity index (χ3v) is 2.54. The predicted octanol–water partition coefficient (Wildman–Crippen LogP) is 1.49. The maximum Gasteiger partial charge on any atom is 0.127 e. The Morgan fingerprint density at radius 1 is 1.53 bits per heavy atom. The lowest BCUT2D eigenvalue weighted by atomic mass is 10.2. The number of benzene rings is 1. The molecular formula is C12H13N5. The van der Waals surface area contributed by atoms with Crippen LogP contribution in [0.15, 0.2) is 30.6 Å². The Balaban J connectivity index is 2.14. The van der Waals surface area contributed by atoms with Crippen LogP contribution in [0.1, 0.15) is 11.4 Å². The fourth-order valence-electron chi connectivity index (χ4n) is 1.52. The van der Waals surface area contributed by atoms with Crippen LogP contribution in [0, 0.1) is 11.3 Å². The summed E-state index contributed by atoms with van der Waals surface area (Å²) in [6.07, 6.45) is 3.62. The van der Waals surface area contributed by atoms with E-state index in [9.17, 15) is 0 Å². The number of aromatic nitrogens is 2. The van der Waals surface area contributed by atoms with Gasteiger partial charge in [-0.2, -0.15) is 5.26 Å². The van der Waals surface area contributed by atoms with Crippen LogP contribution >= 0.6 is 0 Å². The second-order valence-electron chi connectivity index (χ2n) is 3.72. The molecule has 17 heavy (non-hydrogen) atoms. The van der Waals surface area contributed by atoms with Crippen LogP contribution in [0.3, 0.4) is 0 Å². The molecule has 0 bridgehead atoms. The molecule has 1 heterocycles. The molecule has 1 aromatic heterocycles. The molecular weight excluding hydrogens is 214 g/mol. The molecule has 0 amide bonds. The summed E-state index contributed by atoms with van der Waals surface area (Å²) in [5.74, 6) is 0.909. The molecule has 0 saturated carbocycles. The smallest absolute Gasteiger partial charge is 0.127 e. The Labute approximate surface area is 99.5 Å². The first-order valence-corrected chi connectivity index (χ1v) is 5.20. The van der Waals surface area contributed by atoms with Gasteiger partial charge in [0.1, 0.15) is 5.82 Å². The molecule has 0 fully saturated rings. The number of nitriles is 1. The Kier molecular flexibility index (Phi) is 2.97. The van der Waals surface area contributed by atoms with Gasteiger partial charge in [-0.3, -0.25) is 0 Å². The van der Waals surface area contributed by atoms with E-state index in [0.29, 0.717) is 17.8 Å². The number of hydrogen-bond donors (Lipinski definition) is 2. The fourth-order valence-corrected chi connectivity index (χ4v) is 1.52. The molecule has 3 N–H and O–H groups in total. The first-order valence-electron chi connectivity index (χ1n) is 5.20. The van der Waals surface area contributed by atoms with Crippen LogP contribution in [0.5, 0.6) is 0 Å². The van der Waals surface area contributed by atoms with Crippen molar-refractivity contribution in [3.8, 4) is 6.07 Å². The lowest BCUT2D eigenvalue weighted by Crippen LogP contribution is -2.07. The summed E-state index contributed by atoms with van der Waals surface area (Å²) >= 11 is 0. The van der Waals surface area contributed by atoms with E-state index in [4.69, 9.17) is 11.0 Å². The SMILES string of the molecule is Cn1ccnc1CNc1cc(C#N)ccc1N. The zero-order chi connectivity index (χ0) is 12.3. The fraction of sp³-hybridized carbons (Fsp3) is 0.167. The summed E-state index contributed by atoms with van der Waals surface area (Å²) in [6, 6.07) is 7.23. The summed E-state index contributed by atoms with van der Waals surface area (Å²) in [6.45, 7) is 0.572. The van der Waals surface area contributed by atoms with E-state index in [1.165, 1.54) is 0 Å². The van der Waals surface area contributed by atoms with Crippen molar-refractivity contribution >= 4 is 11.4 Å². The predicted molar refractivity (Wildman–Crippen MR) is 66.1 cm³/mol. The van der Waals surface area contributed by atoms with Crippen molar-refractivity contribution in [2.45, 2.75) is 6.54 Å². The number of aryl methyl sites for hydroxylation is 1. The second kappa shape index (κ2) is 4.58. The topological polar surface area (TPSA) is 79.7 Å². The van der Waals surface area contributed by atoms with Gasteiger partial charge >= 0.3 is 0 Å². The minimum atomic E-state index is 0.572. The zero-order valence-corrected chi connectivity index (χ0v) is 9.51. The van der Waals surface area contributed by atoms with Gasteiger partial charge in [-0.15, -0.1) is 0 Å². The molecule has 0 atom stereocenters. The summed E-state index contributed by atoms with van der Waals surface area (Å²) < 4.78 is 1.93. The van der Waals surface area contributed by atoms with Crippen molar-refractivity contribution in [1.82, 2.24) is 9.55 Å². The molecule has 0 radical (unpaired) electrons. The maximum atomic E-state index is 8.81. The van der Waals surface area contributed by atoms with E-state index in [-0.39, 0.29) is 0 Å². The largest absolute Gasteiger partial charge is 0.397 e. The van der Waals surface area contributed by atoms with Gasteiger partial charge in [0, 0.05) is 19.4 Å². The van der Waals surface area contributed by atoms with Gasteiger partial charge in [0.05, 0.1) is 29.6 Å². The molecule has 2 aromatic rings. The Morgan fingerprint density at radius 3 is 3.00 bits per heavy atom. The molecule has 1 aromatic carbocycles. The van der Waals surface area contributed by atoms with Crippen molar-refractivity contribution in [2.75, 3.05) is 11.1 Å². The average molecular weight is 227 g/mol. The molecule has 2 rings (SSSR count). The van der Waals surface area contributed by atoms with Crippen molar-refractivity contribution in [3.63, 3.8) is 0 Å². The first kappa shape index (κ1) is 11.0. The minimum absolute atomic E-state index is 0.572. The van der Waals surface area contributed by atoms with E-state index < -0.39 is 0 Å². The standard InChI is InChI=1S/C12H13N5/c1-17-5-4-15-12(17)8-16-11-6-9(7-13)2-3-10(11)14/h2-6,16H,8,14H2,1H3. The quantitative estimate of drug-likeness (QED) is 0.778. The van der Waals surface area contributed by atoms with E-state index in [1.54, 1.807) is 24.4 Å². The van der Waals surface area contributed by atoms with Crippen LogP contribution in [0.4, 0.5) is 11.4 Å². The van der Waals surface area contributed by atoms with Crippen molar-refractivity contribution < 1.29 is 0 Å². The van der Waals surface area contributed by atoms with Crippen LogP contribution in [0.25, 0.3) is 0 Å². The molecule has 0 aliphatic rings. The van der Waals surface area contributed by atoms with Gasteiger partial charge < -0.3 is 15.6 Å². The summed E-state index contributed by atoms with van der Waals surface area (Å²) in [4.78, 5) is 4.20. The van der Waals surface area contributed by atoms with E-state index in [2.05, 4.69) is 16.4 Å². The summed E-state index contributed by atoms with van der Waals surface area (Å²) in [5.41, 5.74) is 7.79. The van der Waals surface area contributed by atoms with E-state index in [0.717, 1.165) is 11.5 Å². The zero-order valence-electron chi connectivity index (χ0n) is 9.51. The van der Waals surface area contributed by atoms with E-state index in [1.807, 2.05) is 17.8 Å². The molecule has 0 unspecified atom stereocenters. The number of anilines is 2. The summed E-state index contributed by atoms with van der Waals surface area (Å²) in [5, 5.41) is 12.0. The Morgan fingerprint density at radius 2 is 2.35 bits per heavy atom. The normalized spacial score (nSPS) is 9.88. The number of hydrogen-bond acceptors (Lipinski definition) is 4. The van der Waals surface area contributed by atoms with Gasteiger partial charge in [0.25, 0.3) is 0 Å². The number of nitrogens with zero attached hydrogens (tertiary/aromatic N) is 3. The maximum absolute atomic E-state index is 8.81. The van der Waals surface area contributed by atoms with Crippen molar-refractivity contribution in [3.05, 3.63) is 42.0 Å². The van der Waals surface area contributed by atoms with Gasteiger partial charge in [0.2, 0.25) is 0 Å². The third kappa shape index (κ3) is 2.37. The van der Waals surface area contributed by atoms with E-state index >= 15 is 0 Å². The molecule has 86 valence electrons. The molecule has 5 nitrogen and oxygen atoms in total. The monoisotopic (exact) mass is 227 g/mol. The lowest BCUT2D eigenvalue weighted by molar-refractivity contribution is 0.813. The highest BCUT2D eigenvalue weighted by atomic mass is 15.1. The number of rotatable bonds is 3. The van der Waals surface area contributed by atoms with Crippen LogP contribution in [-0.4, -0.2) is 9.55 Å². The lowest BCUT2D eigenvalue weighted by Gasteiger charge is -2.09. The van der Waals surface area contributed by atoms with Crippen LogP contribution in [0.2, 0.25) is 0 Å². The number of imidazole rings is 1. The van der Waals surface area contributed by atoms with Crippen molar-refractivity contribution in [1.29, 1.82) is 5.26 Å². The van der Waals surface area contributed by atoms with Crippen LogP contribution < -0.4 is 11.1 Å². The van der Waals surface area contributed by atoms with Crippen LogP contribution in [-0.2, 0) is 13.6 Å². The highest BCUT2D eigenvalue weighted by Gasteiger charge is 2.03. The minimum Gasteiger partial charge on any atom is -0.397 e. The third-order valence-electron chi connectivity index (χ3n) is 2.54. The van der Waals surface area contributed by atoms with Gasteiger partial charge in [-0.25, -0.2) is 4.98 Å². The number of nitrogens with two attached hydrogens (primary N) is 1. The average Bonchev–Trinajstić information content (AvgIpc) is 2.74. The highest BCUT2D eigenvalue weighted by molar-refractivity contribution is 5.68. The Bertz CT molecular complexity index is 565. The van der Waals surface area contributed by atoms with Gasteiger partial charge in [0.15, 0.2) is 0 Å². The van der Waals surface area contributed by atoms with Gasteiger partial charge in [-0.1, -0.05) is 0 Å². The summed E-state index contributed by atoms with van der Waals surface area (Å²) in [7, 11) is 1.93. The molecule has 0 spiro atoms. The molecule has 0 aliphatic carbocycles.